The van der Waals surface area contributed by atoms with Crippen LogP contribution in [-0.2, 0) is 6.54 Å². The van der Waals surface area contributed by atoms with Gasteiger partial charge in [-0.2, -0.15) is 0 Å². The summed E-state index contributed by atoms with van der Waals surface area (Å²) in [5.41, 5.74) is 9.37. The highest BCUT2D eigenvalue weighted by Gasteiger charge is 2.09. The largest absolute Gasteiger partial charge is 0.272 e. The van der Waals surface area contributed by atoms with Gasteiger partial charge in [0.05, 0.1) is 11.5 Å². The fourth-order valence-electron chi connectivity index (χ4n) is 1.06. The molecule has 0 atom stereocenters. The molecule has 0 bridgehead atoms. The molecular weight excluding hydrogens is 184 g/mol. The Balaban J connectivity index is 3.06. The number of nitro benzene ring substituents is 1. The van der Waals surface area contributed by atoms with Crippen LogP contribution in [0.4, 0.5) is 5.69 Å². The van der Waals surface area contributed by atoms with Crippen LogP contribution in [0.1, 0.15) is 11.1 Å². The molecule has 0 saturated carbocycles. The van der Waals surface area contributed by atoms with Gasteiger partial charge in [-0.25, -0.2) is 0 Å². The Hall–Kier alpha value is -2.07. The van der Waals surface area contributed by atoms with Crippen molar-refractivity contribution in [3.8, 4) is 0 Å². The maximum Gasteiger partial charge on any atom is 0.272 e. The minimum Gasteiger partial charge on any atom is -0.258 e. The molecule has 0 heterocycles. The van der Waals surface area contributed by atoms with Gasteiger partial charge in [-0.1, -0.05) is 17.2 Å². The van der Waals surface area contributed by atoms with Gasteiger partial charge in [-0.15, -0.1) is 0 Å². The van der Waals surface area contributed by atoms with E-state index in [4.69, 9.17) is 5.53 Å². The first-order valence-electron chi connectivity index (χ1n) is 3.90. The predicted molar refractivity (Wildman–Crippen MR) is 50.7 cm³/mol. The molecule has 0 amide bonds. The number of azide groups is 1. The summed E-state index contributed by atoms with van der Waals surface area (Å²) in [5, 5.41) is 13.9. The average molecular weight is 192 g/mol. The zero-order valence-electron chi connectivity index (χ0n) is 7.54. The monoisotopic (exact) mass is 192 g/mol. The van der Waals surface area contributed by atoms with Crippen LogP contribution >= 0.6 is 0 Å². The molecule has 1 aromatic carbocycles. The lowest BCUT2D eigenvalue weighted by Crippen LogP contribution is -1.93. The van der Waals surface area contributed by atoms with E-state index in [0.29, 0.717) is 11.1 Å². The second kappa shape index (κ2) is 4.25. The van der Waals surface area contributed by atoms with Crippen molar-refractivity contribution in [3.05, 3.63) is 49.9 Å². The highest BCUT2D eigenvalue weighted by atomic mass is 16.6. The fourth-order valence-corrected chi connectivity index (χ4v) is 1.06. The van der Waals surface area contributed by atoms with Crippen LogP contribution in [-0.4, -0.2) is 4.92 Å². The van der Waals surface area contributed by atoms with E-state index in [9.17, 15) is 10.1 Å². The Morgan fingerprint density at radius 1 is 1.64 bits per heavy atom. The van der Waals surface area contributed by atoms with E-state index in [1.165, 1.54) is 6.07 Å². The number of hydrogen-bond donors (Lipinski definition) is 0. The smallest absolute Gasteiger partial charge is 0.258 e. The Morgan fingerprint density at radius 2 is 2.36 bits per heavy atom. The van der Waals surface area contributed by atoms with Gasteiger partial charge in [-0.05, 0) is 18.0 Å². The summed E-state index contributed by atoms with van der Waals surface area (Å²) in [6.07, 6.45) is 0. The van der Waals surface area contributed by atoms with E-state index in [1.54, 1.807) is 19.1 Å². The molecule has 1 rings (SSSR count). The molecule has 0 unspecified atom stereocenters. The second-order valence-electron chi connectivity index (χ2n) is 2.77. The van der Waals surface area contributed by atoms with Gasteiger partial charge < -0.3 is 0 Å². The molecule has 1 aromatic rings. The van der Waals surface area contributed by atoms with E-state index in [2.05, 4.69) is 10.0 Å². The molecule has 0 aromatic heterocycles. The molecule has 6 heteroatoms. The fraction of sp³-hybridized carbons (Fsp3) is 0.250. The molecule has 0 N–H and O–H groups in total. The van der Waals surface area contributed by atoms with E-state index in [1.807, 2.05) is 0 Å². The highest BCUT2D eigenvalue weighted by molar-refractivity contribution is 5.42. The Bertz CT molecular complexity index is 410. The summed E-state index contributed by atoms with van der Waals surface area (Å²) < 4.78 is 0. The number of benzene rings is 1. The zero-order valence-corrected chi connectivity index (χ0v) is 7.54. The topological polar surface area (TPSA) is 91.9 Å². The van der Waals surface area contributed by atoms with Crippen LogP contribution in [0.5, 0.6) is 0 Å². The van der Waals surface area contributed by atoms with Crippen LogP contribution < -0.4 is 0 Å². The number of nitro groups is 1. The zero-order chi connectivity index (χ0) is 10.6. The molecule has 6 nitrogen and oxygen atoms in total. The van der Waals surface area contributed by atoms with Crippen molar-refractivity contribution in [1.29, 1.82) is 0 Å². The molecule has 72 valence electrons. The van der Waals surface area contributed by atoms with E-state index in [0.717, 1.165) is 0 Å². The molecule has 0 spiro atoms. The van der Waals surface area contributed by atoms with Crippen LogP contribution in [0, 0.1) is 17.0 Å². The van der Waals surface area contributed by atoms with Crippen LogP contribution in [0.3, 0.4) is 0 Å². The Labute approximate surface area is 79.9 Å². The molecule has 0 fully saturated rings. The molecule has 0 aliphatic carbocycles. The second-order valence-corrected chi connectivity index (χ2v) is 2.77. The lowest BCUT2D eigenvalue weighted by Gasteiger charge is -1.99. The summed E-state index contributed by atoms with van der Waals surface area (Å²) in [6.45, 7) is 1.80. The molecule has 0 radical (unpaired) electrons. The summed E-state index contributed by atoms with van der Waals surface area (Å²) in [4.78, 5) is 12.7. The summed E-state index contributed by atoms with van der Waals surface area (Å²) >= 11 is 0. The van der Waals surface area contributed by atoms with Gasteiger partial charge in [0.2, 0.25) is 0 Å². The van der Waals surface area contributed by atoms with Gasteiger partial charge in [0, 0.05) is 16.5 Å². The van der Waals surface area contributed by atoms with Gasteiger partial charge in [0.1, 0.15) is 0 Å². The molecular formula is C8H8N4O2. The summed E-state index contributed by atoms with van der Waals surface area (Å²) in [6, 6.07) is 4.77. The third kappa shape index (κ3) is 2.21. The van der Waals surface area contributed by atoms with Crippen molar-refractivity contribution < 1.29 is 4.92 Å². The van der Waals surface area contributed by atoms with Crippen molar-refractivity contribution in [2.24, 2.45) is 5.11 Å². The maximum absolute atomic E-state index is 10.5. The van der Waals surface area contributed by atoms with Crippen LogP contribution in [0.15, 0.2) is 23.3 Å². The summed E-state index contributed by atoms with van der Waals surface area (Å²) in [5.74, 6) is 0. The van der Waals surface area contributed by atoms with Crippen molar-refractivity contribution in [2.75, 3.05) is 0 Å². The van der Waals surface area contributed by atoms with E-state index in [-0.39, 0.29) is 12.2 Å². The minimum atomic E-state index is -0.449. The maximum atomic E-state index is 10.5. The molecule has 0 saturated heterocycles. The van der Waals surface area contributed by atoms with Crippen molar-refractivity contribution in [3.63, 3.8) is 0 Å². The molecule has 0 aliphatic heterocycles. The normalized spacial score (nSPS) is 9.21. The third-order valence-electron chi connectivity index (χ3n) is 1.79. The molecule has 0 aliphatic rings. The van der Waals surface area contributed by atoms with Crippen molar-refractivity contribution >= 4 is 5.69 Å². The lowest BCUT2D eigenvalue weighted by molar-refractivity contribution is -0.385. The number of aryl methyl sites for hydroxylation is 1. The van der Waals surface area contributed by atoms with Gasteiger partial charge >= 0.3 is 0 Å². The Morgan fingerprint density at radius 3 is 2.93 bits per heavy atom. The lowest BCUT2D eigenvalue weighted by atomic mass is 10.1. The Kier molecular flexibility index (Phi) is 3.04. The number of hydrogen-bond acceptors (Lipinski definition) is 3. The standard InChI is InChI=1S/C8H8N4O2/c1-6-2-3-7(5-10-11-9)4-8(6)12(13)14/h2-4H,5H2,1H3. The highest BCUT2D eigenvalue weighted by Crippen LogP contribution is 2.19. The predicted octanol–water partition coefficient (Wildman–Crippen LogP) is 2.71. The van der Waals surface area contributed by atoms with Gasteiger partial charge in [-0.3, -0.25) is 10.1 Å². The number of nitrogens with zero attached hydrogens (tertiary/aromatic N) is 4. The first-order valence-corrected chi connectivity index (χ1v) is 3.90. The number of rotatable bonds is 3. The third-order valence-corrected chi connectivity index (χ3v) is 1.79. The quantitative estimate of drug-likeness (QED) is 0.242. The average Bonchev–Trinajstić information content (AvgIpc) is 2.16. The van der Waals surface area contributed by atoms with Crippen LogP contribution in [0.25, 0.3) is 10.4 Å². The van der Waals surface area contributed by atoms with E-state index < -0.39 is 4.92 Å². The van der Waals surface area contributed by atoms with Crippen molar-refractivity contribution in [1.82, 2.24) is 0 Å². The summed E-state index contributed by atoms with van der Waals surface area (Å²) in [7, 11) is 0. The first-order chi connectivity index (χ1) is 6.65. The minimum absolute atomic E-state index is 0.0515. The first kappa shape index (κ1) is 10.0. The SMILES string of the molecule is Cc1ccc(CN=[N+]=[N-])cc1[N+](=O)[O-]. The molecule has 14 heavy (non-hydrogen) atoms. The van der Waals surface area contributed by atoms with Gasteiger partial charge in [0.15, 0.2) is 0 Å². The van der Waals surface area contributed by atoms with Crippen LogP contribution in [0.2, 0.25) is 0 Å². The van der Waals surface area contributed by atoms with Crippen molar-refractivity contribution in [2.45, 2.75) is 13.5 Å². The van der Waals surface area contributed by atoms with Gasteiger partial charge in [0.25, 0.3) is 5.69 Å². The van der Waals surface area contributed by atoms with E-state index >= 15 is 0 Å².